The fourth-order valence-corrected chi connectivity index (χ4v) is 3.84. The molecule has 33 heavy (non-hydrogen) atoms. The SMILES string of the molecule is Cc1ccc(C(C)C)c(OCc2nc(C(=O)NCCCNC(=O)c3ccc(F)cc3)cs2)c1. The minimum atomic E-state index is -0.388. The van der Waals surface area contributed by atoms with Gasteiger partial charge in [0.25, 0.3) is 11.8 Å². The summed E-state index contributed by atoms with van der Waals surface area (Å²) in [6.07, 6.45) is 0.560. The molecule has 3 aromatic rings. The highest BCUT2D eigenvalue weighted by atomic mass is 32.1. The molecule has 3 rings (SSSR count). The maximum absolute atomic E-state index is 12.9. The first-order chi connectivity index (χ1) is 15.8. The lowest BCUT2D eigenvalue weighted by Gasteiger charge is -2.14. The molecule has 0 spiro atoms. The molecule has 0 saturated carbocycles. The summed E-state index contributed by atoms with van der Waals surface area (Å²) in [5, 5.41) is 7.98. The Morgan fingerprint density at radius 3 is 2.45 bits per heavy atom. The minimum absolute atomic E-state index is 0.263. The predicted molar refractivity (Wildman–Crippen MR) is 127 cm³/mol. The fourth-order valence-electron chi connectivity index (χ4n) is 3.15. The van der Waals surface area contributed by atoms with Crippen molar-refractivity contribution < 1.29 is 18.7 Å². The van der Waals surface area contributed by atoms with Gasteiger partial charge in [0.05, 0.1) is 0 Å². The van der Waals surface area contributed by atoms with Crippen molar-refractivity contribution in [2.24, 2.45) is 0 Å². The van der Waals surface area contributed by atoms with E-state index in [1.165, 1.54) is 35.6 Å². The standard InChI is InChI=1S/C25H28FN3O3S/c1-16(2)20-10-5-17(3)13-22(20)32-14-23-29-21(15-33-23)25(31)28-12-4-11-27-24(30)18-6-8-19(26)9-7-18/h5-10,13,15-16H,4,11-12,14H2,1-3H3,(H,27,30)(H,28,31). The number of hydrogen-bond acceptors (Lipinski definition) is 5. The first-order valence-electron chi connectivity index (χ1n) is 10.8. The summed E-state index contributed by atoms with van der Waals surface area (Å²) in [4.78, 5) is 28.7. The number of thiazole rings is 1. The maximum Gasteiger partial charge on any atom is 0.270 e. The Morgan fingerprint density at radius 1 is 1.06 bits per heavy atom. The number of nitrogens with zero attached hydrogens (tertiary/aromatic N) is 1. The number of amides is 2. The number of aromatic nitrogens is 1. The Kier molecular flexibility index (Phi) is 8.54. The van der Waals surface area contributed by atoms with E-state index in [4.69, 9.17) is 4.74 Å². The topological polar surface area (TPSA) is 80.3 Å². The molecule has 1 heterocycles. The second-order valence-corrected chi connectivity index (χ2v) is 8.93. The van der Waals surface area contributed by atoms with Crippen LogP contribution in [-0.2, 0) is 6.61 Å². The van der Waals surface area contributed by atoms with Crippen molar-refractivity contribution in [3.05, 3.63) is 81.1 Å². The lowest BCUT2D eigenvalue weighted by Crippen LogP contribution is -2.30. The van der Waals surface area contributed by atoms with E-state index in [-0.39, 0.29) is 17.6 Å². The number of aryl methyl sites for hydroxylation is 1. The van der Waals surface area contributed by atoms with Crippen LogP contribution in [0.2, 0.25) is 0 Å². The molecule has 0 aliphatic heterocycles. The molecular weight excluding hydrogens is 441 g/mol. The van der Waals surface area contributed by atoms with Gasteiger partial charge in [-0.2, -0.15) is 0 Å². The van der Waals surface area contributed by atoms with E-state index in [2.05, 4.69) is 41.6 Å². The average molecular weight is 470 g/mol. The molecule has 0 bridgehead atoms. The molecule has 0 radical (unpaired) electrons. The van der Waals surface area contributed by atoms with Gasteiger partial charge < -0.3 is 15.4 Å². The van der Waals surface area contributed by atoms with Crippen LogP contribution in [0.4, 0.5) is 4.39 Å². The van der Waals surface area contributed by atoms with Crippen LogP contribution in [0, 0.1) is 12.7 Å². The molecule has 174 valence electrons. The monoisotopic (exact) mass is 469 g/mol. The third-order valence-corrected chi connectivity index (χ3v) is 5.78. The van der Waals surface area contributed by atoms with Crippen molar-refractivity contribution >= 4 is 23.2 Å². The van der Waals surface area contributed by atoms with Crippen LogP contribution < -0.4 is 15.4 Å². The molecule has 1 aromatic heterocycles. The Morgan fingerprint density at radius 2 is 1.76 bits per heavy atom. The molecule has 0 atom stereocenters. The highest BCUT2D eigenvalue weighted by Crippen LogP contribution is 2.28. The van der Waals surface area contributed by atoms with E-state index in [0.717, 1.165) is 21.9 Å². The summed E-state index contributed by atoms with van der Waals surface area (Å²) in [5.41, 5.74) is 3.01. The fraction of sp³-hybridized carbons (Fsp3) is 0.320. The van der Waals surface area contributed by atoms with Crippen molar-refractivity contribution in [2.75, 3.05) is 13.1 Å². The molecular formula is C25H28FN3O3S. The number of carbonyl (C=O) groups excluding carboxylic acids is 2. The van der Waals surface area contributed by atoms with Gasteiger partial charge in [-0.15, -0.1) is 11.3 Å². The van der Waals surface area contributed by atoms with Gasteiger partial charge in [-0.25, -0.2) is 9.37 Å². The Hall–Kier alpha value is -3.26. The molecule has 8 heteroatoms. The Labute approximate surface area is 197 Å². The van der Waals surface area contributed by atoms with Gasteiger partial charge in [-0.1, -0.05) is 26.0 Å². The van der Waals surface area contributed by atoms with E-state index in [1.807, 2.05) is 13.0 Å². The van der Waals surface area contributed by atoms with E-state index in [1.54, 1.807) is 5.38 Å². The van der Waals surface area contributed by atoms with Crippen LogP contribution in [0.15, 0.2) is 47.8 Å². The molecule has 6 nitrogen and oxygen atoms in total. The number of hydrogen-bond donors (Lipinski definition) is 2. The molecule has 0 unspecified atom stereocenters. The molecule has 0 fully saturated rings. The lowest BCUT2D eigenvalue weighted by atomic mass is 10.0. The van der Waals surface area contributed by atoms with Crippen LogP contribution in [0.25, 0.3) is 0 Å². The number of benzene rings is 2. The zero-order chi connectivity index (χ0) is 23.8. The third-order valence-electron chi connectivity index (χ3n) is 4.96. The summed E-state index contributed by atoms with van der Waals surface area (Å²) in [5.74, 6) is 0.259. The van der Waals surface area contributed by atoms with Crippen molar-refractivity contribution in [2.45, 2.75) is 39.7 Å². The largest absolute Gasteiger partial charge is 0.486 e. The van der Waals surface area contributed by atoms with Gasteiger partial charge in [0.15, 0.2) is 0 Å². The number of carbonyl (C=O) groups is 2. The quantitative estimate of drug-likeness (QED) is 0.416. The summed E-state index contributed by atoms with van der Waals surface area (Å²) in [7, 11) is 0. The second kappa shape index (κ2) is 11.6. The summed E-state index contributed by atoms with van der Waals surface area (Å²) in [6, 6.07) is 11.5. The van der Waals surface area contributed by atoms with Crippen molar-refractivity contribution in [3.63, 3.8) is 0 Å². The summed E-state index contributed by atoms with van der Waals surface area (Å²) in [6.45, 7) is 7.36. The first-order valence-corrected chi connectivity index (χ1v) is 11.7. The second-order valence-electron chi connectivity index (χ2n) is 7.98. The zero-order valence-electron chi connectivity index (χ0n) is 19.0. The molecule has 0 aliphatic carbocycles. The molecule has 0 aliphatic rings. The zero-order valence-corrected chi connectivity index (χ0v) is 19.8. The van der Waals surface area contributed by atoms with E-state index < -0.39 is 0 Å². The summed E-state index contributed by atoms with van der Waals surface area (Å²) < 4.78 is 18.9. The van der Waals surface area contributed by atoms with Crippen molar-refractivity contribution in [3.8, 4) is 5.75 Å². The van der Waals surface area contributed by atoms with Gasteiger partial charge in [-0.05, 0) is 60.7 Å². The highest BCUT2D eigenvalue weighted by Gasteiger charge is 2.13. The van der Waals surface area contributed by atoms with Crippen LogP contribution in [0.3, 0.4) is 0 Å². The van der Waals surface area contributed by atoms with Gasteiger partial charge in [0, 0.05) is 24.0 Å². The smallest absolute Gasteiger partial charge is 0.270 e. The van der Waals surface area contributed by atoms with Gasteiger partial charge in [-0.3, -0.25) is 9.59 Å². The molecule has 2 aromatic carbocycles. The van der Waals surface area contributed by atoms with E-state index in [9.17, 15) is 14.0 Å². The highest BCUT2D eigenvalue weighted by molar-refractivity contribution is 7.09. The van der Waals surface area contributed by atoms with Crippen LogP contribution >= 0.6 is 11.3 Å². The van der Waals surface area contributed by atoms with Gasteiger partial charge in [0.2, 0.25) is 0 Å². The normalized spacial score (nSPS) is 10.8. The van der Waals surface area contributed by atoms with E-state index in [0.29, 0.717) is 43.3 Å². The molecule has 2 amide bonds. The minimum Gasteiger partial charge on any atom is -0.486 e. The number of rotatable bonds is 10. The van der Waals surface area contributed by atoms with E-state index >= 15 is 0 Å². The Balaban J connectivity index is 1.41. The number of nitrogens with one attached hydrogen (secondary N) is 2. The van der Waals surface area contributed by atoms with Crippen molar-refractivity contribution in [1.29, 1.82) is 0 Å². The van der Waals surface area contributed by atoms with Gasteiger partial charge >= 0.3 is 0 Å². The average Bonchev–Trinajstić information content (AvgIpc) is 3.26. The maximum atomic E-state index is 12.9. The predicted octanol–water partition coefficient (Wildman–Crippen LogP) is 4.84. The molecule has 2 N–H and O–H groups in total. The first kappa shape index (κ1) is 24.4. The lowest BCUT2D eigenvalue weighted by molar-refractivity contribution is 0.0948. The van der Waals surface area contributed by atoms with Crippen LogP contribution in [0.5, 0.6) is 5.75 Å². The molecule has 0 saturated heterocycles. The van der Waals surface area contributed by atoms with Crippen LogP contribution in [0.1, 0.15) is 63.2 Å². The number of ether oxygens (including phenoxy) is 1. The van der Waals surface area contributed by atoms with Crippen molar-refractivity contribution in [1.82, 2.24) is 15.6 Å². The number of halogens is 1. The Bertz CT molecular complexity index is 1100. The van der Waals surface area contributed by atoms with Crippen LogP contribution in [-0.4, -0.2) is 29.9 Å². The third kappa shape index (κ3) is 7.12. The summed E-state index contributed by atoms with van der Waals surface area (Å²) >= 11 is 1.38. The van der Waals surface area contributed by atoms with Gasteiger partial charge in [0.1, 0.15) is 28.9 Å².